The van der Waals surface area contributed by atoms with Gasteiger partial charge in [0.15, 0.2) is 0 Å². The van der Waals surface area contributed by atoms with Gasteiger partial charge >= 0.3 is 0 Å². The van der Waals surface area contributed by atoms with Crippen molar-refractivity contribution in [1.82, 2.24) is 10.2 Å². The topological polar surface area (TPSA) is 32.3 Å². The smallest absolute Gasteiger partial charge is 0.222 e. The first kappa shape index (κ1) is 17.8. The van der Waals surface area contributed by atoms with Crippen molar-refractivity contribution in [2.75, 3.05) is 20.1 Å². The summed E-state index contributed by atoms with van der Waals surface area (Å²) in [7, 11) is 2.01. The van der Waals surface area contributed by atoms with Gasteiger partial charge in [-0.1, -0.05) is 13.8 Å². The Morgan fingerprint density at radius 3 is 2.45 bits per heavy atom. The molecule has 0 spiro atoms. The van der Waals surface area contributed by atoms with E-state index in [1.54, 1.807) is 0 Å². The van der Waals surface area contributed by atoms with Crippen LogP contribution in [0.5, 0.6) is 0 Å². The van der Waals surface area contributed by atoms with Crippen molar-refractivity contribution in [3.05, 3.63) is 0 Å². The number of hydrogen-bond donors (Lipinski definition) is 1. The second kappa shape index (κ2) is 7.65. The van der Waals surface area contributed by atoms with Crippen molar-refractivity contribution >= 4 is 18.3 Å². The highest BCUT2D eigenvalue weighted by Crippen LogP contribution is 2.36. The summed E-state index contributed by atoms with van der Waals surface area (Å²) >= 11 is 0. The van der Waals surface area contributed by atoms with Gasteiger partial charge in [-0.15, -0.1) is 12.4 Å². The zero-order valence-corrected chi connectivity index (χ0v) is 14.1. The van der Waals surface area contributed by atoms with E-state index in [1.165, 1.54) is 32.1 Å². The standard InChI is InChI=1S/C16H30N2O.ClH/c1-16(2)9-6-14(7-10-16)18(3)15(19)5-4-13-8-11-17-12-13;/h13-14,17H,4-12H2,1-3H3;1H. The normalized spacial score (nSPS) is 26.1. The van der Waals surface area contributed by atoms with Crippen LogP contribution in [0.1, 0.15) is 58.8 Å². The number of amides is 1. The molecule has 0 aromatic heterocycles. The molecule has 0 bridgehead atoms. The zero-order chi connectivity index (χ0) is 13.9. The van der Waals surface area contributed by atoms with Crippen molar-refractivity contribution in [3.8, 4) is 0 Å². The van der Waals surface area contributed by atoms with Crippen molar-refractivity contribution in [1.29, 1.82) is 0 Å². The molecule has 1 amide bonds. The Morgan fingerprint density at radius 2 is 1.90 bits per heavy atom. The maximum absolute atomic E-state index is 12.3. The average Bonchev–Trinajstić information content (AvgIpc) is 2.88. The molecular formula is C16H31ClN2O. The first-order chi connectivity index (χ1) is 8.98. The molecule has 1 N–H and O–H groups in total. The highest BCUT2D eigenvalue weighted by atomic mass is 35.5. The van der Waals surface area contributed by atoms with Gasteiger partial charge in [-0.05, 0) is 62.9 Å². The van der Waals surface area contributed by atoms with Crippen molar-refractivity contribution in [2.24, 2.45) is 11.3 Å². The Labute approximate surface area is 130 Å². The van der Waals surface area contributed by atoms with Gasteiger partial charge in [0.2, 0.25) is 5.91 Å². The molecule has 0 radical (unpaired) electrons. The Morgan fingerprint density at radius 1 is 1.25 bits per heavy atom. The maximum Gasteiger partial charge on any atom is 0.222 e. The van der Waals surface area contributed by atoms with Gasteiger partial charge in [-0.2, -0.15) is 0 Å². The number of carbonyl (C=O) groups is 1. The molecule has 1 unspecified atom stereocenters. The van der Waals surface area contributed by atoms with Crippen LogP contribution in [0.3, 0.4) is 0 Å². The number of carbonyl (C=O) groups excluding carboxylic acids is 1. The lowest BCUT2D eigenvalue weighted by Gasteiger charge is -2.38. The number of rotatable bonds is 4. The van der Waals surface area contributed by atoms with E-state index in [9.17, 15) is 4.79 Å². The highest BCUT2D eigenvalue weighted by molar-refractivity contribution is 5.85. The summed E-state index contributed by atoms with van der Waals surface area (Å²) in [6.07, 6.45) is 7.91. The number of hydrogen-bond acceptors (Lipinski definition) is 2. The molecule has 118 valence electrons. The van der Waals surface area contributed by atoms with Crippen molar-refractivity contribution < 1.29 is 4.79 Å². The molecule has 1 saturated carbocycles. The minimum atomic E-state index is 0. The van der Waals surface area contributed by atoms with E-state index >= 15 is 0 Å². The molecule has 2 fully saturated rings. The van der Waals surface area contributed by atoms with Gasteiger partial charge in [-0.3, -0.25) is 4.79 Å². The molecule has 4 heteroatoms. The minimum absolute atomic E-state index is 0. The number of halogens is 1. The van der Waals surface area contributed by atoms with Gasteiger partial charge < -0.3 is 10.2 Å². The van der Waals surface area contributed by atoms with Crippen LogP contribution in [0.4, 0.5) is 0 Å². The quantitative estimate of drug-likeness (QED) is 0.865. The first-order valence-corrected chi connectivity index (χ1v) is 7.94. The fourth-order valence-electron chi connectivity index (χ4n) is 3.44. The summed E-state index contributed by atoms with van der Waals surface area (Å²) in [6.45, 7) is 6.93. The van der Waals surface area contributed by atoms with Crippen molar-refractivity contribution in [3.63, 3.8) is 0 Å². The maximum atomic E-state index is 12.3. The fraction of sp³-hybridized carbons (Fsp3) is 0.938. The third-order valence-electron chi connectivity index (χ3n) is 5.18. The lowest BCUT2D eigenvalue weighted by atomic mass is 9.75. The van der Waals surface area contributed by atoms with Crippen LogP contribution in [0.25, 0.3) is 0 Å². The van der Waals surface area contributed by atoms with E-state index in [-0.39, 0.29) is 12.4 Å². The molecule has 2 rings (SSSR count). The lowest BCUT2D eigenvalue weighted by Crippen LogP contribution is -2.40. The molecule has 0 aromatic rings. The Kier molecular flexibility index (Phi) is 6.80. The van der Waals surface area contributed by atoms with Crippen LogP contribution in [0.15, 0.2) is 0 Å². The fourth-order valence-corrected chi connectivity index (χ4v) is 3.44. The van der Waals surface area contributed by atoms with Gasteiger partial charge in [0.05, 0.1) is 0 Å². The molecule has 1 heterocycles. The van der Waals surface area contributed by atoms with Crippen LogP contribution in [0, 0.1) is 11.3 Å². The summed E-state index contributed by atoms with van der Waals surface area (Å²) in [4.78, 5) is 14.3. The van der Waals surface area contributed by atoms with Gasteiger partial charge in [0, 0.05) is 19.5 Å². The highest BCUT2D eigenvalue weighted by Gasteiger charge is 2.30. The van der Waals surface area contributed by atoms with E-state index in [0.717, 1.165) is 31.8 Å². The Bertz CT molecular complexity index is 304. The first-order valence-electron chi connectivity index (χ1n) is 7.94. The van der Waals surface area contributed by atoms with E-state index < -0.39 is 0 Å². The van der Waals surface area contributed by atoms with Gasteiger partial charge in [0.25, 0.3) is 0 Å². The van der Waals surface area contributed by atoms with E-state index in [4.69, 9.17) is 0 Å². The molecule has 1 saturated heterocycles. The molecule has 20 heavy (non-hydrogen) atoms. The second-order valence-corrected chi connectivity index (χ2v) is 7.30. The molecule has 1 aliphatic carbocycles. The largest absolute Gasteiger partial charge is 0.343 e. The van der Waals surface area contributed by atoms with Crippen LogP contribution >= 0.6 is 12.4 Å². The summed E-state index contributed by atoms with van der Waals surface area (Å²) in [5.41, 5.74) is 0.482. The second-order valence-electron chi connectivity index (χ2n) is 7.30. The summed E-state index contributed by atoms with van der Waals surface area (Å²) in [5, 5.41) is 3.37. The zero-order valence-electron chi connectivity index (χ0n) is 13.3. The third kappa shape index (κ3) is 4.92. The van der Waals surface area contributed by atoms with Crippen LogP contribution in [0.2, 0.25) is 0 Å². The molecule has 0 aromatic carbocycles. The lowest BCUT2D eigenvalue weighted by molar-refractivity contribution is -0.133. The molecular weight excluding hydrogens is 272 g/mol. The molecule has 1 aliphatic heterocycles. The van der Waals surface area contributed by atoms with Crippen molar-refractivity contribution in [2.45, 2.75) is 64.8 Å². The predicted octanol–water partition coefficient (Wildman–Crippen LogP) is 3.23. The monoisotopic (exact) mass is 302 g/mol. The third-order valence-corrected chi connectivity index (χ3v) is 5.18. The Balaban J connectivity index is 0.00000200. The summed E-state index contributed by atoms with van der Waals surface area (Å²) in [6, 6.07) is 0.488. The van der Waals surface area contributed by atoms with Crippen LogP contribution in [-0.4, -0.2) is 37.0 Å². The van der Waals surface area contributed by atoms with Crippen LogP contribution < -0.4 is 5.32 Å². The molecule has 1 atom stereocenters. The Hall–Kier alpha value is -0.280. The number of nitrogens with one attached hydrogen (secondary N) is 1. The average molecular weight is 303 g/mol. The molecule has 2 aliphatic rings. The summed E-state index contributed by atoms with van der Waals surface area (Å²) < 4.78 is 0. The van der Waals surface area contributed by atoms with Gasteiger partial charge in [0.1, 0.15) is 0 Å². The SMILES string of the molecule is CN(C(=O)CCC1CCNC1)C1CCC(C)(C)CC1.Cl. The van der Waals surface area contributed by atoms with Crippen LogP contribution in [-0.2, 0) is 4.79 Å². The molecule has 3 nitrogen and oxygen atoms in total. The summed E-state index contributed by atoms with van der Waals surface area (Å²) in [5.74, 6) is 1.08. The van der Waals surface area contributed by atoms with E-state index in [0.29, 0.717) is 17.4 Å². The predicted molar refractivity (Wildman–Crippen MR) is 86.3 cm³/mol. The van der Waals surface area contributed by atoms with E-state index in [2.05, 4.69) is 19.2 Å². The number of nitrogens with zero attached hydrogens (tertiary/aromatic N) is 1. The van der Waals surface area contributed by atoms with Gasteiger partial charge in [-0.25, -0.2) is 0 Å². The van der Waals surface area contributed by atoms with E-state index in [1.807, 2.05) is 11.9 Å². The minimum Gasteiger partial charge on any atom is -0.343 e.